The van der Waals surface area contributed by atoms with Gasteiger partial charge in [0.2, 0.25) is 19.7 Å². The first-order valence-electron chi connectivity index (χ1n) is 14.8. The van der Waals surface area contributed by atoms with E-state index >= 15 is 0 Å². The largest absolute Gasteiger partial charge is 0.497 e. The fraction of sp³-hybridized carbons (Fsp3) is 0.0256. The second kappa shape index (κ2) is 12.4. The van der Waals surface area contributed by atoms with Crippen molar-refractivity contribution in [2.45, 2.75) is 34.3 Å². The number of fused-ring (bicyclic) bond motifs is 2. The SMILES string of the molecule is COc1ccc([S+](c2ccc(S(=O)(=O)c3cccc4ccccc34)cc2)c2ccc(S(=O)(=O)c3cccc4ccccc34)cc2)cc1. The predicted molar refractivity (Wildman–Crippen MR) is 187 cm³/mol. The van der Waals surface area contributed by atoms with Crippen LogP contribution in [0.5, 0.6) is 5.75 Å². The molecular weight excluding hydrogens is 645 g/mol. The summed E-state index contributed by atoms with van der Waals surface area (Å²) in [4.78, 5) is 3.68. The predicted octanol–water partition coefficient (Wildman–Crippen LogP) is 8.76. The molecule has 0 N–H and O–H groups in total. The molecule has 8 heteroatoms. The minimum Gasteiger partial charge on any atom is -0.497 e. The molecule has 5 nitrogen and oxygen atoms in total. The average Bonchev–Trinajstić information content (AvgIpc) is 3.12. The van der Waals surface area contributed by atoms with Crippen LogP contribution in [0, 0.1) is 0 Å². The summed E-state index contributed by atoms with van der Waals surface area (Å²) in [6, 6.07) is 47.2. The Labute approximate surface area is 277 Å². The summed E-state index contributed by atoms with van der Waals surface area (Å²) in [6.07, 6.45) is 0. The molecule has 0 spiro atoms. The fourth-order valence-electron chi connectivity index (χ4n) is 5.74. The molecule has 7 aromatic carbocycles. The van der Waals surface area contributed by atoms with Crippen LogP contribution in [-0.4, -0.2) is 23.9 Å². The van der Waals surface area contributed by atoms with Gasteiger partial charge < -0.3 is 4.74 Å². The van der Waals surface area contributed by atoms with E-state index in [1.807, 2.05) is 109 Å². The highest BCUT2D eigenvalue weighted by Gasteiger charge is 2.31. The monoisotopic (exact) mass is 673 g/mol. The Morgan fingerprint density at radius 2 is 0.787 bits per heavy atom. The van der Waals surface area contributed by atoms with Crippen molar-refractivity contribution in [1.29, 1.82) is 0 Å². The normalized spacial score (nSPS) is 12.0. The first-order chi connectivity index (χ1) is 22.8. The second-order valence-corrected chi connectivity index (χ2v) is 16.7. The number of benzene rings is 7. The number of sulfone groups is 2. The minimum atomic E-state index is -3.79. The lowest BCUT2D eigenvalue weighted by Gasteiger charge is -2.12. The van der Waals surface area contributed by atoms with Crippen LogP contribution in [-0.2, 0) is 30.6 Å². The Balaban J connectivity index is 1.28. The lowest BCUT2D eigenvalue weighted by molar-refractivity contribution is 0.414. The second-order valence-electron chi connectivity index (χ2n) is 10.9. The van der Waals surface area contributed by atoms with Gasteiger partial charge in [-0.1, -0.05) is 72.8 Å². The molecule has 0 heterocycles. The first kappa shape index (κ1) is 30.7. The Hall–Kier alpha value is -4.89. The van der Waals surface area contributed by atoms with Gasteiger partial charge in [-0.15, -0.1) is 0 Å². The first-order valence-corrected chi connectivity index (χ1v) is 19.0. The summed E-state index contributed by atoms with van der Waals surface area (Å²) in [5, 5.41) is 3.07. The maximum absolute atomic E-state index is 13.8. The van der Waals surface area contributed by atoms with Crippen molar-refractivity contribution in [2.75, 3.05) is 7.11 Å². The van der Waals surface area contributed by atoms with Crippen LogP contribution < -0.4 is 4.74 Å². The zero-order valence-electron chi connectivity index (χ0n) is 25.3. The summed E-state index contributed by atoms with van der Waals surface area (Å²) >= 11 is 0. The van der Waals surface area contributed by atoms with Crippen molar-refractivity contribution < 1.29 is 21.6 Å². The van der Waals surface area contributed by atoms with E-state index in [1.165, 1.54) is 0 Å². The van der Waals surface area contributed by atoms with E-state index in [0.717, 1.165) is 25.5 Å². The average molecular weight is 674 g/mol. The summed E-state index contributed by atoms with van der Waals surface area (Å²) in [7, 11) is -6.64. The third kappa shape index (κ3) is 5.69. The van der Waals surface area contributed by atoms with Crippen molar-refractivity contribution in [3.05, 3.63) is 158 Å². The number of hydrogen-bond acceptors (Lipinski definition) is 5. The summed E-state index contributed by atoms with van der Waals surface area (Å²) in [5.74, 6) is 0.713. The summed E-state index contributed by atoms with van der Waals surface area (Å²) in [5.41, 5.74) is 0. The van der Waals surface area contributed by atoms with Gasteiger partial charge in [0.05, 0.1) is 37.6 Å². The summed E-state index contributed by atoms with van der Waals surface area (Å²) in [6.45, 7) is 0. The van der Waals surface area contributed by atoms with E-state index in [-0.39, 0.29) is 19.6 Å². The Morgan fingerprint density at radius 3 is 1.19 bits per heavy atom. The van der Waals surface area contributed by atoms with Crippen LogP contribution in [0.1, 0.15) is 0 Å². The van der Waals surface area contributed by atoms with E-state index in [1.54, 1.807) is 55.6 Å². The maximum atomic E-state index is 13.8. The number of methoxy groups -OCH3 is 1. The van der Waals surface area contributed by atoms with Crippen LogP contribution in [0.3, 0.4) is 0 Å². The van der Waals surface area contributed by atoms with Gasteiger partial charge in [0.25, 0.3) is 0 Å². The van der Waals surface area contributed by atoms with E-state index in [2.05, 4.69) is 0 Å². The van der Waals surface area contributed by atoms with Gasteiger partial charge in [-0.25, -0.2) is 16.8 Å². The topological polar surface area (TPSA) is 77.5 Å². The van der Waals surface area contributed by atoms with Gasteiger partial charge in [-0.3, -0.25) is 0 Å². The molecule has 0 aliphatic carbocycles. The highest BCUT2D eigenvalue weighted by molar-refractivity contribution is 7.97. The zero-order chi connectivity index (χ0) is 32.6. The van der Waals surface area contributed by atoms with E-state index in [0.29, 0.717) is 16.5 Å². The lowest BCUT2D eigenvalue weighted by Crippen LogP contribution is -2.08. The molecule has 7 rings (SSSR count). The molecule has 0 bridgehead atoms. The molecule has 232 valence electrons. The number of rotatable bonds is 8. The van der Waals surface area contributed by atoms with Crippen LogP contribution in [0.25, 0.3) is 21.5 Å². The van der Waals surface area contributed by atoms with Gasteiger partial charge >= 0.3 is 0 Å². The maximum Gasteiger partial charge on any atom is 0.207 e. The smallest absolute Gasteiger partial charge is 0.207 e. The van der Waals surface area contributed by atoms with Crippen LogP contribution in [0.4, 0.5) is 0 Å². The Morgan fingerprint density at radius 1 is 0.426 bits per heavy atom. The highest BCUT2D eigenvalue weighted by Crippen LogP contribution is 2.36. The van der Waals surface area contributed by atoms with E-state index < -0.39 is 30.6 Å². The minimum absolute atomic E-state index is 0.201. The van der Waals surface area contributed by atoms with Crippen molar-refractivity contribution in [1.82, 2.24) is 0 Å². The molecule has 0 amide bonds. The van der Waals surface area contributed by atoms with Crippen molar-refractivity contribution in [2.24, 2.45) is 0 Å². The quantitative estimate of drug-likeness (QED) is 0.151. The Kier molecular flexibility index (Phi) is 8.09. The lowest BCUT2D eigenvalue weighted by atomic mass is 10.1. The molecule has 47 heavy (non-hydrogen) atoms. The van der Waals surface area contributed by atoms with Gasteiger partial charge in [0.1, 0.15) is 5.75 Å². The van der Waals surface area contributed by atoms with Crippen molar-refractivity contribution in [3.8, 4) is 5.75 Å². The standard InChI is InChI=1S/C39H29O5S3/c1-44-30-16-18-31(19-17-30)45(32-20-24-34(25-21-32)46(40,41)38-14-6-10-28-8-2-4-12-36(28)38)33-22-26-35(27-23-33)47(42,43)39-15-7-11-29-9-3-5-13-37(29)39/h2-27H,1H3/q+1. The van der Waals surface area contributed by atoms with Gasteiger partial charge in [0, 0.05) is 10.8 Å². The molecule has 0 saturated carbocycles. The van der Waals surface area contributed by atoms with Gasteiger partial charge in [-0.05, 0) is 95.7 Å². The van der Waals surface area contributed by atoms with Crippen LogP contribution >= 0.6 is 0 Å². The molecule has 0 aliphatic heterocycles. The Bertz CT molecular complexity index is 2290. The van der Waals surface area contributed by atoms with Crippen LogP contribution in [0.15, 0.2) is 192 Å². The van der Waals surface area contributed by atoms with E-state index in [9.17, 15) is 16.8 Å². The van der Waals surface area contributed by atoms with Gasteiger partial charge in [0.15, 0.2) is 14.7 Å². The van der Waals surface area contributed by atoms with Crippen LogP contribution in [0.2, 0.25) is 0 Å². The zero-order valence-corrected chi connectivity index (χ0v) is 27.7. The van der Waals surface area contributed by atoms with Crippen molar-refractivity contribution >= 4 is 52.1 Å². The molecule has 0 radical (unpaired) electrons. The molecule has 0 saturated heterocycles. The van der Waals surface area contributed by atoms with Gasteiger partial charge in [-0.2, -0.15) is 0 Å². The number of ether oxygens (including phenoxy) is 1. The summed E-state index contributed by atoms with van der Waals surface area (Å²) < 4.78 is 60.6. The van der Waals surface area contributed by atoms with E-state index in [4.69, 9.17) is 4.74 Å². The number of hydrogen-bond donors (Lipinski definition) is 0. The molecule has 7 aromatic rings. The third-order valence-electron chi connectivity index (χ3n) is 8.11. The third-order valence-corrected chi connectivity index (χ3v) is 14.0. The van der Waals surface area contributed by atoms with Crippen molar-refractivity contribution in [3.63, 3.8) is 0 Å². The fourth-order valence-corrected chi connectivity index (χ4v) is 10.7. The highest BCUT2D eigenvalue weighted by atomic mass is 32.2. The molecule has 0 unspecified atom stereocenters. The molecule has 0 fully saturated rings. The molecular formula is C39H29O5S3+. The molecule has 0 atom stereocenters. The molecule has 0 aromatic heterocycles. The molecule has 0 aliphatic rings.